The number of aliphatic hydroxyl groups is 1. The van der Waals surface area contributed by atoms with E-state index in [1.54, 1.807) is 0 Å². The van der Waals surface area contributed by atoms with Crippen LogP contribution in [0.3, 0.4) is 0 Å². The van der Waals surface area contributed by atoms with Crippen LogP contribution < -0.4 is 0 Å². The van der Waals surface area contributed by atoms with Crippen LogP contribution in [0, 0.1) is 0 Å². The van der Waals surface area contributed by atoms with E-state index >= 15 is 0 Å². The molecule has 1 unspecified atom stereocenters. The third-order valence-corrected chi connectivity index (χ3v) is 4.06. The number of rotatable bonds is 13. The highest BCUT2D eigenvalue weighted by atomic mass is 16.6. The second kappa shape index (κ2) is 13.1. The molecule has 1 heterocycles. The molecule has 5 heteroatoms. The Morgan fingerprint density at radius 3 is 2.17 bits per heavy atom. The van der Waals surface area contributed by atoms with Gasteiger partial charge in [0.25, 0.3) is 0 Å². The van der Waals surface area contributed by atoms with Crippen molar-refractivity contribution < 1.29 is 24.1 Å². The molecule has 1 rings (SSSR count). The molecule has 0 amide bonds. The number of unbranched alkanes of at least 4 members (excludes halogenated alkanes) is 3. The Hall–Kier alpha value is -0.200. The van der Waals surface area contributed by atoms with E-state index in [1.165, 1.54) is 0 Å². The molecule has 1 N–H and O–H groups in total. The lowest BCUT2D eigenvalue weighted by Crippen LogP contribution is -2.52. The van der Waals surface area contributed by atoms with Crippen molar-refractivity contribution in [2.75, 3.05) is 26.4 Å². The van der Waals surface area contributed by atoms with Gasteiger partial charge in [0, 0.05) is 26.2 Å². The molecule has 0 aromatic heterocycles. The third kappa shape index (κ3) is 8.45. The molecule has 1 aliphatic heterocycles. The Bertz CT molecular complexity index is 274. The predicted molar refractivity (Wildman–Crippen MR) is 90.5 cm³/mol. The number of ether oxygens (including phenoxy) is 4. The lowest BCUT2D eigenvalue weighted by atomic mass is 10.0. The van der Waals surface area contributed by atoms with Crippen LogP contribution in [0.25, 0.3) is 0 Å². The SMILES string of the molecule is CCCCOCC1O[C@@H](O)C[C@@H](OCCCC)[C@@H]1OCCCC. The third-order valence-electron chi connectivity index (χ3n) is 4.06. The molecule has 0 radical (unpaired) electrons. The van der Waals surface area contributed by atoms with Crippen LogP contribution in [0.15, 0.2) is 0 Å². The standard InChI is InChI=1S/C18H36O5/c1-4-7-10-20-14-16-18(22-12-9-6-3)15(13-17(19)23-16)21-11-8-5-2/h15-19H,4-14H2,1-3H3/t15-,16?,17-,18+/m1/s1. The summed E-state index contributed by atoms with van der Waals surface area (Å²) in [6, 6.07) is 0. The monoisotopic (exact) mass is 332 g/mol. The number of hydrogen-bond acceptors (Lipinski definition) is 5. The Balaban J connectivity index is 2.56. The van der Waals surface area contributed by atoms with Crippen molar-refractivity contribution in [3.05, 3.63) is 0 Å². The van der Waals surface area contributed by atoms with Gasteiger partial charge in [-0.25, -0.2) is 0 Å². The van der Waals surface area contributed by atoms with E-state index in [4.69, 9.17) is 18.9 Å². The minimum Gasteiger partial charge on any atom is -0.379 e. The fraction of sp³-hybridized carbons (Fsp3) is 1.00. The van der Waals surface area contributed by atoms with Gasteiger partial charge in [-0.05, 0) is 19.3 Å². The lowest BCUT2D eigenvalue weighted by molar-refractivity contribution is -0.261. The number of hydrogen-bond donors (Lipinski definition) is 1. The first-order chi connectivity index (χ1) is 11.2. The Labute approximate surface area is 141 Å². The lowest BCUT2D eigenvalue weighted by Gasteiger charge is -2.39. The van der Waals surface area contributed by atoms with Crippen molar-refractivity contribution in [1.29, 1.82) is 0 Å². The summed E-state index contributed by atoms with van der Waals surface area (Å²) >= 11 is 0. The summed E-state index contributed by atoms with van der Waals surface area (Å²) in [5, 5.41) is 9.99. The average molecular weight is 332 g/mol. The topological polar surface area (TPSA) is 57.2 Å². The maximum Gasteiger partial charge on any atom is 0.157 e. The second-order valence-corrected chi connectivity index (χ2v) is 6.25. The van der Waals surface area contributed by atoms with Gasteiger partial charge in [0.1, 0.15) is 12.2 Å². The smallest absolute Gasteiger partial charge is 0.157 e. The van der Waals surface area contributed by atoms with Crippen LogP contribution in [0.1, 0.15) is 65.7 Å². The van der Waals surface area contributed by atoms with Crippen LogP contribution >= 0.6 is 0 Å². The van der Waals surface area contributed by atoms with Crippen LogP contribution in [0.4, 0.5) is 0 Å². The maximum absolute atomic E-state index is 9.99. The molecule has 138 valence electrons. The Morgan fingerprint density at radius 2 is 1.52 bits per heavy atom. The molecule has 1 aliphatic rings. The molecule has 5 nitrogen and oxygen atoms in total. The second-order valence-electron chi connectivity index (χ2n) is 6.25. The molecule has 0 bridgehead atoms. The molecular formula is C18H36O5. The Kier molecular flexibility index (Phi) is 11.9. The van der Waals surface area contributed by atoms with Gasteiger partial charge in [0.15, 0.2) is 6.29 Å². The first-order valence-corrected chi connectivity index (χ1v) is 9.37. The first kappa shape index (κ1) is 20.8. The molecule has 1 fully saturated rings. The van der Waals surface area contributed by atoms with Gasteiger partial charge in [0.05, 0.1) is 12.7 Å². The minimum atomic E-state index is -0.799. The van der Waals surface area contributed by atoms with Crippen molar-refractivity contribution in [3.63, 3.8) is 0 Å². The van der Waals surface area contributed by atoms with Crippen molar-refractivity contribution in [3.8, 4) is 0 Å². The largest absolute Gasteiger partial charge is 0.379 e. The quantitative estimate of drug-likeness (QED) is 0.525. The summed E-state index contributed by atoms with van der Waals surface area (Å²) in [6.07, 6.45) is 5.48. The van der Waals surface area contributed by atoms with E-state index in [0.29, 0.717) is 26.2 Å². The zero-order valence-corrected chi connectivity index (χ0v) is 15.2. The normalized spacial score (nSPS) is 28.2. The molecule has 0 saturated carbocycles. The van der Waals surface area contributed by atoms with Gasteiger partial charge >= 0.3 is 0 Å². The summed E-state index contributed by atoms with van der Waals surface area (Å²) in [7, 11) is 0. The zero-order chi connectivity index (χ0) is 16.9. The van der Waals surface area contributed by atoms with Crippen molar-refractivity contribution in [2.45, 2.75) is 90.3 Å². The van der Waals surface area contributed by atoms with Gasteiger partial charge in [0.2, 0.25) is 0 Å². The van der Waals surface area contributed by atoms with Gasteiger partial charge in [-0.3, -0.25) is 0 Å². The van der Waals surface area contributed by atoms with Crippen molar-refractivity contribution >= 4 is 0 Å². The highest BCUT2D eigenvalue weighted by molar-refractivity contribution is 4.85. The average Bonchev–Trinajstić information content (AvgIpc) is 2.54. The summed E-state index contributed by atoms with van der Waals surface area (Å²) < 4.78 is 23.4. The highest BCUT2D eigenvalue weighted by Gasteiger charge is 2.39. The van der Waals surface area contributed by atoms with E-state index in [9.17, 15) is 5.11 Å². The fourth-order valence-corrected chi connectivity index (χ4v) is 2.61. The fourth-order valence-electron chi connectivity index (χ4n) is 2.61. The maximum atomic E-state index is 9.99. The van der Waals surface area contributed by atoms with E-state index in [0.717, 1.165) is 45.1 Å². The molecule has 0 spiro atoms. The summed E-state index contributed by atoms with van der Waals surface area (Å²) in [5.41, 5.74) is 0. The van der Waals surface area contributed by atoms with Crippen LogP contribution in [-0.2, 0) is 18.9 Å². The highest BCUT2D eigenvalue weighted by Crippen LogP contribution is 2.25. The van der Waals surface area contributed by atoms with Crippen LogP contribution in [0.5, 0.6) is 0 Å². The van der Waals surface area contributed by atoms with Gasteiger partial charge in [-0.1, -0.05) is 40.0 Å². The van der Waals surface area contributed by atoms with Gasteiger partial charge < -0.3 is 24.1 Å². The van der Waals surface area contributed by atoms with Crippen LogP contribution in [-0.4, -0.2) is 56.1 Å². The Morgan fingerprint density at radius 1 is 0.913 bits per heavy atom. The summed E-state index contributed by atoms with van der Waals surface area (Å²) in [4.78, 5) is 0. The van der Waals surface area contributed by atoms with E-state index in [-0.39, 0.29) is 18.3 Å². The molecule has 4 atom stereocenters. The molecule has 0 aromatic carbocycles. The number of aliphatic hydroxyl groups excluding tert-OH is 1. The van der Waals surface area contributed by atoms with E-state index in [2.05, 4.69) is 20.8 Å². The minimum absolute atomic E-state index is 0.123. The van der Waals surface area contributed by atoms with Gasteiger partial charge in [-0.2, -0.15) is 0 Å². The van der Waals surface area contributed by atoms with E-state index < -0.39 is 6.29 Å². The van der Waals surface area contributed by atoms with Crippen molar-refractivity contribution in [2.24, 2.45) is 0 Å². The van der Waals surface area contributed by atoms with Gasteiger partial charge in [-0.15, -0.1) is 0 Å². The van der Waals surface area contributed by atoms with Crippen molar-refractivity contribution in [1.82, 2.24) is 0 Å². The van der Waals surface area contributed by atoms with Crippen LogP contribution in [0.2, 0.25) is 0 Å². The zero-order valence-electron chi connectivity index (χ0n) is 15.2. The molecule has 0 aliphatic carbocycles. The molecular weight excluding hydrogens is 296 g/mol. The summed E-state index contributed by atoms with van der Waals surface area (Å²) in [5.74, 6) is 0. The summed E-state index contributed by atoms with van der Waals surface area (Å²) in [6.45, 7) is 8.98. The van der Waals surface area contributed by atoms with E-state index in [1.807, 2.05) is 0 Å². The molecule has 0 aromatic rings. The molecule has 23 heavy (non-hydrogen) atoms. The predicted octanol–water partition coefficient (Wildman–Crippen LogP) is 3.28. The first-order valence-electron chi connectivity index (χ1n) is 9.37. The molecule has 1 saturated heterocycles.